The van der Waals surface area contributed by atoms with Crippen LogP contribution in [0.3, 0.4) is 0 Å². The maximum Gasteiger partial charge on any atom is 0.165 e. The number of para-hydroxylation sites is 2. The van der Waals surface area contributed by atoms with Crippen molar-refractivity contribution in [2.75, 3.05) is 0 Å². The molecule has 0 N–H and O–H groups in total. The third-order valence-corrected chi connectivity index (χ3v) is 14.1. The van der Waals surface area contributed by atoms with Gasteiger partial charge in [-0.2, -0.15) is 0 Å². The Morgan fingerprint density at radius 2 is 0.714 bits per heavy atom. The van der Waals surface area contributed by atoms with Crippen LogP contribution in [-0.4, -0.2) is 19.1 Å². The van der Waals surface area contributed by atoms with Crippen LogP contribution in [0.5, 0.6) is 0 Å². The lowest BCUT2D eigenvalue weighted by molar-refractivity contribution is 1.08. The lowest BCUT2D eigenvalue weighted by atomic mass is 9.93. The molecule has 0 aliphatic carbocycles. The monoisotopic (exact) mass is 890 g/mol. The topological polar surface area (TPSA) is 35.6 Å². The fraction of sp³-hybridized carbons (Fsp3) is 0. The van der Waals surface area contributed by atoms with Crippen molar-refractivity contribution < 1.29 is 0 Å². The SMILES string of the molecule is c1ccc(-c2ccc(-c3ccc4c5cc6ccccc6cc5n(-c5nc6cc(-c7ccc8c9ccccc9n(-c9ccccc9)c8c7)c(-c7ccccc7)cc6nc5-c5ccccc5)c4c3)cc2)cc1. The van der Waals surface area contributed by atoms with Gasteiger partial charge in [-0.05, 0) is 110 Å². The molecule has 70 heavy (non-hydrogen) atoms. The molecule has 0 saturated heterocycles. The Balaban J connectivity index is 1.04. The summed E-state index contributed by atoms with van der Waals surface area (Å²) >= 11 is 0. The van der Waals surface area contributed by atoms with Crippen LogP contribution in [0.4, 0.5) is 0 Å². The highest BCUT2D eigenvalue weighted by Crippen LogP contribution is 2.43. The Labute approximate surface area is 404 Å². The molecule has 0 saturated carbocycles. The molecule has 0 radical (unpaired) electrons. The molecule has 14 rings (SSSR count). The minimum absolute atomic E-state index is 0.781. The highest BCUT2D eigenvalue weighted by molar-refractivity contribution is 6.15. The highest BCUT2D eigenvalue weighted by Gasteiger charge is 2.23. The zero-order valence-electron chi connectivity index (χ0n) is 38.0. The molecule has 0 fully saturated rings. The van der Waals surface area contributed by atoms with Gasteiger partial charge in [0.15, 0.2) is 5.82 Å². The van der Waals surface area contributed by atoms with Crippen LogP contribution in [-0.2, 0) is 0 Å². The van der Waals surface area contributed by atoms with Gasteiger partial charge >= 0.3 is 0 Å². The molecule has 11 aromatic carbocycles. The number of hydrogen-bond acceptors (Lipinski definition) is 2. The van der Waals surface area contributed by atoms with Crippen LogP contribution in [0.15, 0.2) is 255 Å². The third kappa shape index (κ3) is 6.53. The van der Waals surface area contributed by atoms with Crippen LogP contribution in [0.2, 0.25) is 0 Å². The van der Waals surface area contributed by atoms with E-state index < -0.39 is 0 Å². The first-order chi connectivity index (χ1) is 34.7. The number of benzene rings is 11. The first-order valence-electron chi connectivity index (χ1n) is 23.9. The van der Waals surface area contributed by atoms with Gasteiger partial charge in [0.25, 0.3) is 0 Å². The lowest BCUT2D eigenvalue weighted by Crippen LogP contribution is -2.04. The summed E-state index contributed by atoms with van der Waals surface area (Å²) in [5, 5.41) is 7.14. The Kier molecular flexibility index (Phi) is 9.17. The van der Waals surface area contributed by atoms with E-state index >= 15 is 0 Å². The smallest absolute Gasteiger partial charge is 0.165 e. The van der Waals surface area contributed by atoms with Crippen LogP contribution in [0, 0.1) is 0 Å². The van der Waals surface area contributed by atoms with Gasteiger partial charge in [-0.3, -0.25) is 4.57 Å². The van der Waals surface area contributed by atoms with Gasteiger partial charge in [0.1, 0.15) is 5.69 Å². The molecule has 0 bridgehead atoms. The van der Waals surface area contributed by atoms with Crippen LogP contribution in [0.1, 0.15) is 0 Å². The summed E-state index contributed by atoms with van der Waals surface area (Å²) in [6.07, 6.45) is 0. The molecule has 0 spiro atoms. The molecule has 0 unspecified atom stereocenters. The van der Waals surface area contributed by atoms with E-state index in [2.05, 4.69) is 264 Å². The number of hydrogen-bond donors (Lipinski definition) is 0. The summed E-state index contributed by atoms with van der Waals surface area (Å²) < 4.78 is 4.75. The molecule has 0 aliphatic heterocycles. The molecule has 0 atom stereocenters. The van der Waals surface area contributed by atoms with Gasteiger partial charge < -0.3 is 4.57 Å². The van der Waals surface area contributed by atoms with E-state index in [1.165, 1.54) is 43.6 Å². The maximum atomic E-state index is 5.80. The summed E-state index contributed by atoms with van der Waals surface area (Å²) in [4.78, 5) is 11.5. The second-order valence-electron chi connectivity index (χ2n) is 18.2. The fourth-order valence-electron chi connectivity index (χ4n) is 10.7. The van der Waals surface area contributed by atoms with Gasteiger partial charge in [-0.1, -0.05) is 200 Å². The van der Waals surface area contributed by atoms with Gasteiger partial charge in [0.2, 0.25) is 0 Å². The minimum atomic E-state index is 0.781. The molecular formula is C66H42N4. The Hall–Kier alpha value is -9.38. The molecule has 14 aromatic rings. The predicted molar refractivity (Wildman–Crippen MR) is 293 cm³/mol. The third-order valence-electron chi connectivity index (χ3n) is 14.1. The predicted octanol–water partition coefficient (Wildman–Crippen LogP) is 17.3. The van der Waals surface area contributed by atoms with Crippen molar-refractivity contribution in [3.8, 4) is 67.3 Å². The second-order valence-corrected chi connectivity index (χ2v) is 18.2. The average molecular weight is 891 g/mol. The fourth-order valence-corrected chi connectivity index (χ4v) is 10.7. The molecule has 3 aromatic heterocycles. The van der Waals surface area contributed by atoms with Crippen molar-refractivity contribution in [2.45, 2.75) is 0 Å². The van der Waals surface area contributed by atoms with E-state index in [4.69, 9.17) is 9.97 Å². The normalized spacial score (nSPS) is 11.7. The van der Waals surface area contributed by atoms with E-state index in [1.54, 1.807) is 0 Å². The molecule has 0 amide bonds. The van der Waals surface area contributed by atoms with Crippen molar-refractivity contribution in [3.63, 3.8) is 0 Å². The van der Waals surface area contributed by atoms with Crippen molar-refractivity contribution in [3.05, 3.63) is 255 Å². The molecule has 4 nitrogen and oxygen atoms in total. The van der Waals surface area contributed by atoms with Gasteiger partial charge in [-0.25, -0.2) is 9.97 Å². The Bertz CT molecular complexity index is 4310. The minimum Gasteiger partial charge on any atom is -0.309 e. The lowest BCUT2D eigenvalue weighted by Gasteiger charge is -2.17. The summed E-state index contributed by atoms with van der Waals surface area (Å²) in [6, 6.07) is 91.7. The molecule has 4 heteroatoms. The van der Waals surface area contributed by atoms with Gasteiger partial charge in [-0.15, -0.1) is 0 Å². The van der Waals surface area contributed by atoms with Crippen molar-refractivity contribution in [2.24, 2.45) is 0 Å². The van der Waals surface area contributed by atoms with Gasteiger partial charge in [0, 0.05) is 32.8 Å². The standard InChI is InChI=1S/C66H42N4/c1-5-17-43(18-6-1)44-29-31-45(32-30-44)50-33-35-55-58-37-48-23-13-14-24-49(48)38-64(58)70(63(55)39-50)66-65(47-21-9-3-10-22-47)67-59-41-56(46-19-7-2-8-20-46)57(42-60(59)68-66)51-34-36-54-53-27-15-16-28-61(53)69(62(54)40-51)52-25-11-4-12-26-52/h1-42H. The van der Waals surface area contributed by atoms with Crippen molar-refractivity contribution >= 4 is 65.4 Å². The zero-order chi connectivity index (χ0) is 46.1. The van der Waals surface area contributed by atoms with E-state index in [0.29, 0.717) is 0 Å². The molecule has 326 valence electrons. The molecule has 0 aliphatic rings. The maximum absolute atomic E-state index is 5.80. The number of nitrogens with zero attached hydrogens (tertiary/aromatic N) is 4. The first kappa shape index (κ1) is 39.8. The molecular weight excluding hydrogens is 849 g/mol. The van der Waals surface area contributed by atoms with Crippen LogP contribution >= 0.6 is 0 Å². The van der Waals surface area contributed by atoms with E-state index in [-0.39, 0.29) is 0 Å². The first-order valence-corrected chi connectivity index (χ1v) is 23.9. The van der Waals surface area contributed by atoms with Crippen molar-refractivity contribution in [1.82, 2.24) is 19.1 Å². The van der Waals surface area contributed by atoms with Gasteiger partial charge in [0.05, 0.1) is 33.1 Å². The second kappa shape index (κ2) is 16.2. The Morgan fingerprint density at radius 3 is 1.43 bits per heavy atom. The van der Waals surface area contributed by atoms with Crippen LogP contribution < -0.4 is 0 Å². The number of rotatable bonds is 7. The summed E-state index contributed by atoms with van der Waals surface area (Å²) in [5.41, 5.74) is 18.2. The largest absolute Gasteiger partial charge is 0.309 e. The van der Waals surface area contributed by atoms with Crippen molar-refractivity contribution in [1.29, 1.82) is 0 Å². The van der Waals surface area contributed by atoms with E-state index in [9.17, 15) is 0 Å². The van der Waals surface area contributed by atoms with Crippen LogP contribution in [0.25, 0.3) is 133 Å². The summed E-state index contributed by atoms with van der Waals surface area (Å²) in [7, 11) is 0. The zero-order valence-corrected chi connectivity index (χ0v) is 38.0. The average Bonchev–Trinajstić information content (AvgIpc) is 3.94. The number of aromatic nitrogens is 4. The summed E-state index contributed by atoms with van der Waals surface area (Å²) in [6.45, 7) is 0. The number of fused-ring (bicyclic) bond motifs is 8. The van der Waals surface area contributed by atoms with E-state index in [0.717, 1.165) is 89.1 Å². The Morgan fingerprint density at radius 1 is 0.257 bits per heavy atom. The quantitative estimate of drug-likeness (QED) is 0.160. The van der Waals surface area contributed by atoms with E-state index in [1.807, 2.05) is 0 Å². The highest BCUT2D eigenvalue weighted by atomic mass is 15.1. The molecule has 3 heterocycles. The summed E-state index contributed by atoms with van der Waals surface area (Å²) in [5.74, 6) is 0.781.